The molecule has 1 amide bonds. The Morgan fingerprint density at radius 2 is 1.59 bits per heavy atom. The van der Waals surface area contributed by atoms with Gasteiger partial charge in [-0.25, -0.2) is 0 Å². The van der Waals surface area contributed by atoms with Gasteiger partial charge in [0, 0.05) is 31.7 Å². The van der Waals surface area contributed by atoms with E-state index in [1.165, 1.54) is 0 Å². The zero-order valence-electron chi connectivity index (χ0n) is 15.6. The molecule has 1 saturated heterocycles. The minimum Gasteiger partial charge on any atom is -0.383 e. The predicted octanol–water partition coefficient (Wildman–Crippen LogP) is 3.01. The van der Waals surface area contributed by atoms with Crippen molar-refractivity contribution in [1.82, 2.24) is 4.90 Å². The molecule has 2 aromatic rings. The summed E-state index contributed by atoms with van der Waals surface area (Å²) in [6.45, 7) is 0.325. The van der Waals surface area contributed by atoms with Gasteiger partial charge < -0.3 is 9.64 Å². The monoisotopic (exact) mass is 365 g/mol. The van der Waals surface area contributed by atoms with Gasteiger partial charge in [0.25, 0.3) is 0 Å². The highest BCUT2D eigenvalue weighted by Crippen LogP contribution is 2.42. The van der Waals surface area contributed by atoms with Crippen molar-refractivity contribution in [2.75, 3.05) is 20.8 Å². The number of methoxy groups -OCH3 is 1. The third kappa shape index (κ3) is 3.55. The third-order valence-electron chi connectivity index (χ3n) is 5.25. The molecule has 140 valence electrons. The maximum absolute atomic E-state index is 13.4. The summed E-state index contributed by atoms with van der Waals surface area (Å²) in [6, 6.07) is 17.3. The number of likely N-dealkylation sites (tertiary alicyclic amines) is 1. The molecule has 0 aliphatic carbocycles. The Bertz CT molecular complexity index is 834. The standard InChI is InChI=1S/C22H23NO4/c1-23-18(15-27-2)13-22(21(23)26,20(25)17-11-7-4-8-12-17)14-19(24)16-9-5-3-6-10-16/h3-12,18H,13-15H2,1-2H3/t18-,22?/m0/s1. The van der Waals surface area contributed by atoms with Gasteiger partial charge in [0.2, 0.25) is 5.91 Å². The van der Waals surface area contributed by atoms with Crippen LogP contribution in [0.25, 0.3) is 0 Å². The lowest BCUT2D eigenvalue weighted by Crippen LogP contribution is -2.41. The van der Waals surface area contributed by atoms with Crippen LogP contribution in [0, 0.1) is 5.41 Å². The van der Waals surface area contributed by atoms with E-state index in [0.717, 1.165) is 0 Å². The van der Waals surface area contributed by atoms with Crippen LogP contribution < -0.4 is 0 Å². The Labute approximate surface area is 158 Å². The van der Waals surface area contributed by atoms with E-state index in [-0.39, 0.29) is 36.4 Å². The summed E-state index contributed by atoms with van der Waals surface area (Å²) in [6.07, 6.45) is 0.122. The van der Waals surface area contributed by atoms with Crippen molar-refractivity contribution in [3.8, 4) is 0 Å². The highest BCUT2D eigenvalue weighted by atomic mass is 16.5. The minimum atomic E-state index is -1.40. The molecule has 5 heteroatoms. The molecular formula is C22H23NO4. The summed E-state index contributed by atoms with van der Waals surface area (Å²) >= 11 is 0. The molecule has 3 rings (SSSR count). The molecule has 0 bridgehead atoms. The van der Waals surface area contributed by atoms with E-state index in [4.69, 9.17) is 4.74 Å². The number of hydrogen-bond donors (Lipinski definition) is 0. The van der Waals surface area contributed by atoms with Gasteiger partial charge in [0.15, 0.2) is 11.6 Å². The van der Waals surface area contributed by atoms with Crippen molar-refractivity contribution >= 4 is 17.5 Å². The second kappa shape index (κ2) is 7.84. The Kier molecular flexibility index (Phi) is 5.51. The quantitative estimate of drug-likeness (QED) is 0.559. The van der Waals surface area contributed by atoms with Crippen LogP contribution in [0.15, 0.2) is 60.7 Å². The SMILES string of the molecule is COC[C@@H]1CC(CC(=O)c2ccccc2)(C(=O)c2ccccc2)C(=O)N1C. The lowest BCUT2D eigenvalue weighted by molar-refractivity contribution is -0.133. The number of hydrogen-bond acceptors (Lipinski definition) is 4. The number of nitrogens with zero attached hydrogens (tertiary/aromatic N) is 1. The average molecular weight is 365 g/mol. The van der Waals surface area contributed by atoms with Gasteiger partial charge in [-0.3, -0.25) is 14.4 Å². The Hall–Kier alpha value is -2.79. The molecule has 2 aromatic carbocycles. The predicted molar refractivity (Wildman–Crippen MR) is 102 cm³/mol. The Balaban J connectivity index is 2.00. The Morgan fingerprint density at radius 3 is 2.15 bits per heavy atom. The number of Topliss-reactive ketones (excluding diaryl/α,β-unsaturated/α-hetero) is 2. The van der Waals surface area contributed by atoms with Gasteiger partial charge in [-0.15, -0.1) is 0 Å². The molecule has 27 heavy (non-hydrogen) atoms. The fourth-order valence-electron chi connectivity index (χ4n) is 3.78. The van der Waals surface area contributed by atoms with Gasteiger partial charge in [-0.2, -0.15) is 0 Å². The fourth-order valence-corrected chi connectivity index (χ4v) is 3.78. The van der Waals surface area contributed by atoms with Crippen molar-refractivity contribution in [1.29, 1.82) is 0 Å². The molecule has 0 spiro atoms. The summed E-state index contributed by atoms with van der Waals surface area (Å²) in [5, 5.41) is 0. The Morgan fingerprint density at radius 1 is 1.04 bits per heavy atom. The van der Waals surface area contributed by atoms with E-state index in [1.807, 2.05) is 12.1 Å². The number of rotatable bonds is 7. The second-order valence-corrected chi connectivity index (χ2v) is 6.97. The molecule has 1 aliphatic heterocycles. The van der Waals surface area contributed by atoms with Crippen molar-refractivity contribution in [2.45, 2.75) is 18.9 Å². The van der Waals surface area contributed by atoms with E-state index in [9.17, 15) is 14.4 Å². The van der Waals surface area contributed by atoms with Crippen LogP contribution in [0.3, 0.4) is 0 Å². The van der Waals surface area contributed by atoms with Crippen molar-refractivity contribution in [3.63, 3.8) is 0 Å². The molecular weight excluding hydrogens is 342 g/mol. The summed E-state index contributed by atoms with van der Waals surface area (Å²) in [5.41, 5.74) is -0.451. The van der Waals surface area contributed by atoms with Crippen LogP contribution in [0.4, 0.5) is 0 Å². The van der Waals surface area contributed by atoms with Crippen molar-refractivity contribution < 1.29 is 19.1 Å². The van der Waals surface area contributed by atoms with E-state index in [1.54, 1.807) is 67.6 Å². The highest BCUT2D eigenvalue weighted by molar-refractivity contribution is 6.18. The highest BCUT2D eigenvalue weighted by Gasteiger charge is 2.56. The fraction of sp³-hybridized carbons (Fsp3) is 0.318. The van der Waals surface area contributed by atoms with Crippen LogP contribution in [-0.4, -0.2) is 49.2 Å². The minimum absolute atomic E-state index is 0.145. The first-order valence-electron chi connectivity index (χ1n) is 8.94. The van der Waals surface area contributed by atoms with E-state index in [2.05, 4.69) is 0 Å². The first kappa shape index (κ1) is 19.0. The number of ketones is 2. The maximum atomic E-state index is 13.4. The van der Waals surface area contributed by atoms with E-state index < -0.39 is 5.41 Å². The zero-order chi connectivity index (χ0) is 19.4. The maximum Gasteiger partial charge on any atom is 0.237 e. The number of carbonyl (C=O) groups is 3. The molecule has 0 saturated carbocycles. The molecule has 5 nitrogen and oxygen atoms in total. The summed E-state index contributed by atoms with van der Waals surface area (Å²) in [4.78, 5) is 41.0. The topological polar surface area (TPSA) is 63.7 Å². The van der Waals surface area contributed by atoms with Crippen LogP contribution in [0.2, 0.25) is 0 Å². The number of carbonyl (C=O) groups excluding carboxylic acids is 3. The van der Waals surface area contributed by atoms with E-state index in [0.29, 0.717) is 17.7 Å². The summed E-state index contributed by atoms with van der Waals surface area (Å²) in [7, 11) is 3.23. The van der Waals surface area contributed by atoms with Crippen molar-refractivity contribution in [3.05, 3.63) is 71.8 Å². The first-order valence-corrected chi connectivity index (χ1v) is 8.94. The summed E-state index contributed by atoms with van der Waals surface area (Å²) < 4.78 is 5.22. The zero-order valence-corrected chi connectivity index (χ0v) is 15.6. The number of benzene rings is 2. The van der Waals surface area contributed by atoms with Crippen LogP contribution >= 0.6 is 0 Å². The number of amides is 1. The van der Waals surface area contributed by atoms with Gasteiger partial charge in [0.05, 0.1) is 12.6 Å². The smallest absolute Gasteiger partial charge is 0.237 e. The second-order valence-electron chi connectivity index (χ2n) is 6.97. The van der Waals surface area contributed by atoms with Crippen molar-refractivity contribution in [2.24, 2.45) is 5.41 Å². The first-order chi connectivity index (χ1) is 13.0. The third-order valence-corrected chi connectivity index (χ3v) is 5.25. The van der Waals surface area contributed by atoms with Crippen LogP contribution in [-0.2, 0) is 9.53 Å². The molecule has 0 aromatic heterocycles. The summed E-state index contributed by atoms with van der Waals surface area (Å²) in [5.74, 6) is -0.829. The van der Waals surface area contributed by atoms with Crippen LogP contribution in [0.1, 0.15) is 33.6 Å². The average Bonchev–Trinajstić information content (AvgIpc) is 2.94. The lowest BCUT2D eigenvalue weighted by atomic mass is 9.73. The number of likely N-dealkylation sites (N-methyl/N-ethyl adjacent to an activating group) is 1. The normalized spacial score (nSPS) is 22.1. The lowest BCUT2D eigenvalue weighted by Gasteiger charge is -2.25. The van der Waals surface area contributed by atoms with Gasteiger partial charge in [0.1, 0.15) is 5.41 Å². The largest absolute Gasteiger partial charge is 0.383 e. The molecule has 0 N–H and O–H groups in total. The van der Waals surface area contributed by atoms with Crippen LogP contribution in [0.5, 0.6) is 0 Å². The molecule has 1 fully saturated rings. The molecule has 0 radical (unpaired) electrons. The molecule has 1 heterocycles. The number of ether oxygens (including phenoxy) is 1. The van der Waals surface area contributed by atoms with Gasteiger partial charge >= 0.3 is 0 Å². The van der Waals surface area contributed by atoms with Gasteiger partial charge in [-0.1, -0.05) is 60.7 Å². The van der Waals surface area contributed by atoms with Gasteiger partial charge in [-0.05, 0) is 6.42 Å². The van der Waals surface area contributed by atoms with E-state index >= 15 is 0 Å². The molecule has 2 atom stereocenters. The molecule has 1 unspecified atom stereocenters. The molecule has 1 aliphatic rings.